The van der Waals surface area contributed by atoms with Gasteiger partial charge in [0, 0.05) is 12.2 Å². The van der Waals surface area contributed by atoms with Gasteiger partial charge in [0.2, 0.25) is 9.84 Å². The highest BCUT2D eigenvalue weighted by atomic mass is 32.2. The number of rotatable bonds is 6. The summed E-state index contributed by atoms with van der Waals surface area (Å²) in [5, 5.41) is 0. The Morgan fingerprint density at radius 1 is 1.13 bits per heavy atom. The van der Waals surface area contributed by atoms with E-state index in [0.717, 1.165) is 24.2 Å². The van der Waals surface area contributed by atoms with Gasteiger partial charge in [0.05, 0.1) is 4.90 Å². The Morgan fingerprint density at radius 3 is 2.30 bits per heavy atom. The third-order valence-corrected chi connectivity index (χ3v) is 6.07. The molecule has 23 heavy (non-hydrogen) atoms. The van der Waals surface area contributed by atoms with Crippen molar-refractivity contribution < 1.29 is 8.42 Å². The van der Waals surface area contributed by atoms with Crippen LogP contribution >= 0.6 is 0 Å². The molecule has 0 saturated heterocycles. The minimum absolute atomic E-state index is 0.242. The highest BCUT2D eigenvalue weighted by Gasteiger charge is 2.27. The van der Waals surface area contributed by atoms with Crippen molar-refractivity contribution >= 4 is 15.7 Å². The Hall–Kier alpha value is -1.79. The average molecular weight is 335 g/mol. The SMILES string of the molecule is Cc1c(S(=O)(=O)c2ccccc2)c(N)n(CCCN(C)C)c1C. The fourth-order valence-electron chi connectivity index (χ4n) is 2.75. The number of nitrogen functional groups attached to an aromatic ring is 1. The third-order valence-electron chi connectivity index (χ3n) is 4.12. The lowest BCUT2D eigenvalue weighted by Gasteiger charge is -2.12. The zero-order valence-electron chi connectivity index (χ0n) is 14.2. The number of hydrogen-bond donors (Lipinski definition) is 1. The largest absolute Gasteiger partial charge is 0.384 e. The Labute approximate surface area is 138 Å². The van der Waals surface area contributed by atoms with Gasteiger partial charge in [-0.1, -0.05) is 18.2 Å². The van der Waals surface area contributed by atoms with Crippen LogP contribution in [0.25, 0.3) is 0 Å². The number of sulfone groups is 1. The lowest BCUT2D eigenvalue weighted by molar-refractivity contribution is 0.386. The monoisotopic (exact) mass is 335 g/mol. The fourth-order valence-corrected chi connectivity index (χ4v) is 4.44. The molecule has 0 radical (unpaired) electrons. The zero-order valence-corrected chi connectivity index (χ0v) is 15.0. The van der Waals surface area contributed by atoms with Crippen molar-refractivity contribution in [3.63, 3.8) is 0 Å². The number of nitrogens with zero attached hydrogens (tertiary/aromatic N) is 2. The van der Waals surface area contributed by atoms with Crippen LogP contribution in [0.4, 0.5) is 5.82 Å². The molecule has 2 N–H and O–H groups in total. The van der Waals surface area contributed by atoms with Crippen LogP contribution in [0, 0.1) is 13.8 Å². The summed E-state index contributed by atoms with van der Waals surface area (Å²) in [6.07, 6.45) is 0.914. The van der Waals surface area contributed by atoms with E-state index in [1.54, 1.807) is 30.3 Å². The first kappa shape index (κ1) is 17.6. The van der Waals surface area contributed by atoms with E-state index in [-0.39, 0.29) is 9.79 Å². The third kappa shape index (κ3) is 3.43. The summed E-state index contributed by atoms with van der Waals surface area (Å²) in [5.41, 5.74) is 7.86. The number of nitrogens with two attached hydrogens (primary N) is 1. The topological polar surface area (TPSA) is 68.3 Å². The van der Waals surface area contributed by atoms with E-state index < -0.39 is 9.84 Å². The second-order valence-corrected chi connectivity index (χ2v) is 7.94. The van der Waals surface area contributed by atoms with Crippen LogP contribution in [0.15, 0.2) is 40.1 Å². The van der Waals surface area contributed by atoms with Crippen molar-refractivity contribution in [3.05, 3.63) is 41.6 Å². The van der Waals surface area contributed by atoms with Crippen molar-refractivity contribution in [2.75, 3.05) is 26.4 Å². The molecule has 6 heteroatoms. The van der Waals surface area contributed by atoms with Crippen molar-refractivity contribution in [2.45, 2.75) is 36.6 Å². The summed E-state index contributed by atoms with van der Waals surface area (Å²) in [4.78, 5) is 2.62. The first-order chi connectivity index (χ1) is 10.8. The first-order valence-electron chi connectivity index (χ1n) is 7.67. The molecule has 0 spiro atoms. The highest BCUT2D eigenvalue weighted by Crippen LogP contribution is 2.33. The maximum absolute atomic E-state index is 12.9. The predicted octanol–water partition coefficient (Wildman–Crippen LogP) is 2.47. The van der Waals surface area contributed by atoms with Crippen molar-refractivity contribution in [1.29, 1.82) is 0 Å². The van der Waals surface area contributed by atoms with Gasteiger partial charge in [0.25, 0.3) is 0 Å². The lowest BCUT2D eigenvalue weighted by atomic mass is 10.3. The summed E-state index contributed by atoms with van der Waals surface area (Å²) < 4.78 is 27.8. The van der Waals surface area contributed by atoms with Crippen LogP contribution < -0.4 is 5.73 Å². The second-order valence-electron chi connectivity index (χ2n) is 6.05. The van der Waals surface area contributed by atoms with E-state index in [1.807, 2.05) is 32.5 Å². The molecule has 1 aromatic heterocycles. The fraction of sp³-hybridized carbons (Fsp3) is 0.412. The van der Waals surface area contributed by atoms with E-state index in [0.29, 0.717) is 12.4 Å². The maximum Gasteiger partial charge on any atom is 0.210 e. The molecule has 1 aromatic carbocycles. The van der Waals surface area contributed by atoms with E-state index in [9.17, 15) is 8.42 Å². The predicted molar refractivity (Wildman–Crippen MR) is 93.4 cm³/mol. The summed E-state index contributed by atoms with van der Waals surface area (Å²) in [5.74, 6) is 0.336. The van der Waals surface area contributed by atoms with E-state index in [1.165, 1.54) is 0 Å². The number of benzene rings is 1. The second kappa shape index (κ2) is 6.76. The molecule has 2 rings (SSSR count). The highest BCUT2D eigenvalue weighted by molar-refractivity contribution is 7.91. The molecule has 0 unspecified atom stereocenters. The molecular formula is C17H25N3O2S. The van der Waals surface area contributed by atoms with Crippen molar-refractivity contribution in [3.8, 4) is 0 Å². The Balaban J connectivity index is 2.45. The lowest BCUT2D eigenvalue weighted by Crippen LogP contribution is -2.16. The van der Waals surface area contributed by atoms with E-state index >= 15 is 0 Å². The maximum atomic E-state index is 12.9. The van der Waals surface area contributed by atoms with Gasteiger partial charge in [-0.05, 0) is 58.6 Å². The van der Waals surface area contributed by atoms with Gasteiger partial charge in [-0.2, -0.15) is 0 Å². The molecule has 0 aliphatic heterocycles. The molecule has 2 aromatic rings. The van der Waals surface area contributed by atoms with E-state index in [4.69, 9.17) is 5.73 Å². The molecule has 0 atom stereocenters. The molecule has 0 bridgehead atoms. The molecule has 0 amide bonds. The van der Waals surface area contributed by atoms with Crippen LogP contribution in [0.5, 0.6) is 0 Å². The minimum Gasteiger partial charge on any atom is -0.384 e. The molecule has 0 fully saturated rings. The summed E-state index contributed by atoms with van der Waals surface area (Å²) in [6.45, 7) is 5.38. The van der Waals surface area contributed by atoms with Crippen molar-refractivity contribution in [1.82, 2.24) is 9.47 Å². The van der Waals surface area contributed by atoms with Gasteiger partial charge in [0.15, 0.2) is 0 Å². The summed E-state index contributed by atoms with van der Waals surface area (Å²) >= 11 is 0. The number of anilines is 1. The quantitative estimate of drug-likeness (QED) is 0.880. The molecule has 0 aliphatic rings. The van der Waals surface area contributed by atoms with Gasteiger partial charge in [-0.25, -0.2) is 8.42 Å². The van der Waals surface area contributed by atoms with Crippen LogP contribution in [0.2, 0.25) is 0 Å². The number of hydrogen-bond acceptors (Lipinski definition) is 4. The van der Waals surface area contributed by atoms with Gasteiger partial charge < -0.3 is 15.2 Å². The standard InChI is InChI=1S/C17H25N3O2S/c1-13-14(2)20(12-8-11-19(3)4)17(18)16(13)23(21,22)15-9-6-5-7-10-15/h5-7,9-10H,8,11-12,18H2,1-4H3. The summed E-state index contributed by atoms with van der Waals surface area (Å²) in [7, 11) is 0.433. The molecular weight excluding hydrogens is 310 g/mol. The molecule has 0 aliphatic carbocycles. The Kier molecular flexibility index (Phi) is 5.16. The molecule has 0 saturated carbocycles. The van der Waals surface area contributed by atoms with Crippen LogP contribution in [-0.2, 0) is 16.4 Å². The zero-order chi connectivity index (χ0) is 17.2. The normalized spacial score (nSPS) is 12.0. The molecule has 126 valence electrons. The first-order valence-corrected chi connectivity index (χ1v) is 9.15. The van der Waals surface area contributed by atoms with E-state index in [2.05, 4.69) is 4.90 Å². The van der Waals surface area contributed by atoms with Gasteiger partial charge in [-0.3, -0.25) is 0 Å². The number of aromatic nitrogens is 1. The smallest absolute Gasteiger partial charge is 0.210 e. The van der Waals surface area contributed by atoms with Gasteiger partial charge >= 0.3 is 0 Å². The minimum atomic E-state index is -3.60. The molecule has 5 nitrogen and oxygen atoms in total. The average Bonchev–Trinajstić information content (AvgIpc) is 2.71. The van der Waals surface area contributed by atoms with Crippen molar-refractivity contribution in [2.24, 2.45) is 0 Å². The Morgan fingerprint density at radius 2 is 1.74 bits per heavy atom. The van der Waals surface area contributed by atoms with Crippen LogP contribution in [-0.4, -0.2) is 38.5 Å². The van der Waals surface area contributed by atoms with Crippen LogP contribution in [0.3, 0.4) is 0 Å². The van der Waals surface area contributed by atoms with Gasteiger partial charge in [0.1, 0.15) is 10.7 Å². The molecule has 1 heterocycles. The summed E-state index contributed by atoms with van der Waals surface area (Å²) in [6, 6.07) is 8.45. The Bertz CT molecular complexity index is 778. The van der Waals surface area contributed by atoms with Crippen LogP contribution in [0.1, 0.15) is 17.7 Å². The van der Waals surface area contributed by atoms with Gasteiger partial charge in [-0.15, -0.1) is 0 Å².